The molecule has 2 aromatic rings. The van der Waals surface area contributed by atoms with Crippen LogP contribution in [-0.2, 0) is 6.42 Å². The van der Waals surface area contributed by atoms with Gasteiger partial charge in [0.15, 0.2) is 0 Å². The summed E-state index contributed by atoms with van der Waals surface area (Å²) in [7, 11) is 1.87. The number of halogens is 1. The summed E-state index contributed by atoms with van der Waals surface area (Å²) in [6.07, 6.45) is 0.855. The quantitative estimate of drug-likeness (QED) is 0.860. The zero-order chi connectivity index (χ0) is 14.5. The number of carboxylic acids is 1. The molecule has 0 aliphatic rings. The Kier molecular flexibility index (Phi) is 4.58. The maximum Gasteiger partial charge on any atom is 0.335 e. The van der Waals surface area contributed by atoms with Crippen molar-refractivity contribution in [1.29, 1.82) is 0 Å². The van der Waals surface area contributed by atoms with Gasteiger partial charge in [-0.05, 0) is 24.1 Å². The summed E-state index contributed by atoms with van der Waals surface area (Å²) >= 11 is 5.85. The summed E-state index contributed by atoms with van der Waals surface area (Å²) < 4.78 is 0. The average Bonchev–Trinajstić information content (AvgIpc) is 2.45. The highest BCUT2D eigenvalue weighted by molar-refractivity contribution is 6.29. The van der Waals surface area contributed by atoms with Gasteiger partial charge in [0.05, 0.1) is 5.56 Å². The number of nitrogens with zero attached hydrogens (tertiary/aromatic N) is 2. The molecule has 1 aromatic heterocycles. The van der Waals surface area contributed by atoms with Crippen LogP contribution in [0.3, 0.4) is 0 Å². The number of pyridine rings is 1. The van der Waals surface area contributed by atoms with Gasteiger partial charge in [0.1, 0.15) is 11.0 Å². The van der Waals surface area contributed by atoms with Crippen LogP contribution in [0.15, 0.2) is 42.5 Å². The average molecular weight is 291 g/mol. The minimum absolute atomic E-state index is 0.145. The molecule has 20 heavy (non-hydrogen) atoms. The smallest absolute Gasteiger partial charge is 0.335 e. The molecule has 0 amide bonds. The first-order valence-electron chi connectivity index (χ1n) is 6.22. The van der Waals surface area contributed by atoms with Gasteiger partial charge in [0.25, 0.3) is 0 Å². The standard InChI is InChI=1S/C15H15ClN2O2/c1-18(8-7-11-5-3-2-4-6-11)14-10-12(15(19)20)9-13(16)17-14/h2-6,9-10H,7-8H2,1H3,(H,19,20). The van der Waals surface area contributed by atoms with E-state index in [1.54, 1.807) is 0 Å². The molecule has 1 aromatic carbocycles. The lowest BCUT2D eigenvalue weighted by Crippen LogP contribution is -2.22. The number of likely N-dealkylation sites (N-methyl/N-ethyl adjacent to an activating group) is 1. The van der Waals surface area contributed by atoms with Gasteiger partial charge >= 0.3 is 5.97 Å². The topological polar surface area (TPSA) is 53.4 Å². The predicted molar refractivity (Wildman–Crippen MR) is 79.6 cm³/mol. The third kappa shape index (κ3) is 3.71. The number of aromatic carboxylic acids is 1. The van der Waals surface area contributed by atoms with Crippen molar-refractivity contribution in [2.45, 2.75) is 6.42 Å². The van der Waals surface area contributed by atoms with Crippen LogP contribution < -0.4 is 4.90 Å². The van der Waals surface area contributed by atoms with E-state index in [2.05, 4.69) is 17.1 Å². The van der Waals surface area contributed by atoms with Gasteiger partial charge in [-0.1, -0.05) is 41.9 Å². The van der Waals surface area contributed by atoms with Gasteiger partial charge in [0, 0.05) is 13.6 Å². The maximum absolute atomic E-state index is 11.0. The Bertz CT molecular complexity index is 602. The second-order valence-electron chi connectivity index (χ2n) is 4.50. The lowest BCUT2D eigenvalue weighted by Gasteiger charge is -2.18. The molecule has 2 rings (SSSR count). The largest absolute Gasteiger partial charge is 0.478 e. The molecule has 0 aliphatic carbocycles. The minimum Gasteiger partial charge on any atom is -0.478 e. The van der Waals surface area contributed by atoms with E-state index in [-0.39, 0.29) is 10.7 Å². The summed E-state index contributed by atoms with van der Waals surface area (Å²) in [5.74, 6) is -0.446. The summed E-state index contributed by atoms with van der Waals surface area (Å²) in [6, 6.07) is 13.0. The molecular formula is C15H15ClN2O2. The number of rotatable bonds is 5. The number of benzene rings is 1. The van der Waals surface area contributed by atoms with Crippen LogP contribution in [0.2, 0.25) is 5.15 Å². The van der Waals surface area contributed by atoms with E-state index in [0.717, 1.165) is 13.0 Å². The number of carboxylic acid groups (broad SMARTS) is 1. The molecule has 0 bridgehead atoms. The molecule has 0 unspecified atom stereocenters. The fourth-order valence-electron chi connectivity index (χ4n) is 1.86. The Morgan fingerprint density at radius 3 is 2.65 bits per heavy atom. The molecule has 104 valence electrons. The second-order valence-corrected chi connectivity index (χ2v) is 4.89. The Morgan fingerprint density at radius 2 is 2.00 bits per heavy atom. The van der Waals surface area contributed by atoms with Crippen molar-refractivity contribution < 1.29 is 9.90 Å². The highest BCUT2D eigenvalue weighted by Gasteiger charge is 2.10. The van der Waals surface area contributed by atoms with Gasteiger partial charge in [-0.25, -0.2) is 9.78 Å². The van der Waals surface area contributed by atoms with E-state index >= 15 is 0 Å². The zero-order valence-electron chi connectivity index (χ0n) is 11.1. The van der Waals surface area contributed by atoms with Gasteiger partial charge in [-0.3, -0.25) is 0 Å². The molecule has 0 radical (unpaired) electrons. The van der Waals surface area contributed by atoms with Gasteiger partial charge < -0.3 is 10.0 Å². The van der Waals surface area contributed by atoms with Crippen LogP contribution in [-0.4, -0.2) is 29.7 Å². The van der Waals surface area contributed by atoms with Crippen LogP contribution in [0.1, 0.15) is 15.9 Å². The minimum atomic E-state index is -1.01. The second kappa shape index (κ2) is 6.39. The van der Waals surface area contributed by atoms with Crippen molar-refractivity contribution in [3.8, 4) is 0 Å². The van der Waals surface area contributed by atoms with Crippen molar-refractivity contribution in [3.05, 3.63) is 58.7 Å². The summed E-state index contributed by atoms with van der Waals surface area (Å²) in [5.41, 5.74) is 1.37. The Morgan fingerprint density at radius 1 is 1.30 bits per heavy atom. The SMILES string of the molecule is CN(CCc1ccccc1)c1cc(C(=O)O)cc(Cl)n1. The van der Waals surface area contributed by atoms with E-state index in [4.69, 9.17) is 16.7 Å². The Balaban J connectivity index is 2.09. The first-order valence-corrected chi connectivity index (χ1v) is 6.60. The normalized spacial score (nSPS) is 10.3. The van der Waals surface area contributed by atoms with E-state index in [1.807, 2.05) is 30.1 Å². The van der Waals surface area contributed by atoms with E-state index in [9.17, 15) is 4.79 Å². The fraction of sp³-hybridized carbons (Fsp3) is 0.200. The van der Waals surface area contributed by atoms with E-state index in [1.165, 1.54) is 17.7 Å². The molecule has 0 aliphatic heterocycles. The third-order valence-corrected chi connectivity index (χ3v) is 3.19. The van der Waals surface area contributed by atoms with Crippen LogP contribution in [0.4, 0.5) is 5.82 Å². The van der Waals surface area contributed by atoms with E-state index < -0.39 is 5.97 Å². The third-order valence-electron chi connectivity index (χ3n) is 3.00. The first kappa shape index (κ1) is 14.3. The molecule has 4 nitrogen and oxygen atoms in total. The summed E-state index contributed by atoms with van der Waals surface area (Å²) in [4.78, 5) is 17.1. The maximum atomic E-state index is 11.0. The van der Waals surface area contributed by atoms with Crippen molar-refractivity contribution >= 4 is 23.4 Å². The highest BCUT2D eigenvalue weighted by atomic mass is 35.5. The molecule has 0 atom stereocenters. The number of hydrogen-bond acceptors (Lipinski definition) is 3. The fourth-order valence-corrected chi connectivity index (χ4v) is 2.06. The van der Waals surface area contributed by atoms with Crippen molar-refractivity contribution in [3.63, 3.8) is 0 Å². The first-order chi connectivity index (χ1) is 9.56. The number of carbonyl (C=O) groups is 1. The van der Waals surface area contributed by atoms with Crippen molar-refractivity contribution in [1.82, 2.24) is 4.98 Å². The lowest BCUT2D eigenvalue weighted by molar-refractivity contribution is 0.0697. The van der Waals surface area contributed by atoms with Crippen molar-refractivity contribution in [2.75, 3.05) is 18.5 Å². The number of anilines is 1. The highest BCUT2D eigenvalue weighted by Crippen LogP contribution is 2.17. The van der Waals surface area contributed by atoms with E-state index in [0.29, 0.717) is 5.82 Å². The van der Waals surface area contributed by atoms with Crippen LogP contribution in [0, 0.1) is 0 Å². The van der Waals surface area contributed by atoms with Crippen LogP contribution in [0.5, 0.6) is 0 Å². The van der Waals surface area contributed by atoms with Crippen molar-refractivity contribution in [2.24, 2.45) is 0 Å². The Hall–Kier alpha value is -2.07. The monoisotopic (exact) mass is 290 g/mol. The van der Waals surface area contributed by atoms with Crippen LogP contribution in [0.25, 0.3) is 0 Å². The number of hydrogen-bond donors (Lipinski definition) is 1. The van der Waals surface area contributed by atoms with Crippen LogP contribution >= 0.6 is 11.6 Å². The predicted octanol–water partition coefficient (Wildman–Crippen LogP) is 3.11. The zero-order valence-corrected chi connectivity index (χ0v) is 11.8. The van der Waals surface area contributed by atoms with Gasteiger partial charge in [-0.2, -0.15) is 0 Å². The molecule has 0 saturated heterocycles. The van der Waals surface area contributed by atoms with Gasteiger partial charge in [0.2, 0.25) is 0 Å². The molecule has 1 heterocycles. The summed E-state index contributed by atoms with van der Waals surface area (Å²) in [6.45, 7) is 0.733. The molecule has 5 heteroatoms. The Labute approximate surface area is 122 Å². The number of aromatic nitrogens is 1. The molecule has 0 saturated carbocycles. The molecular weight excluding hydrogens is 276 g/mol. The lowest BCUT2D eigenvalue weighted by atomic mass is 10.1. The molecule has 1 N–H and O–H groups in total. The van der Waals surface area contributed by atoms with Gasteiger partial charge in [-0.15, -0.1) is 0 Å². The molecule has 0 fully saturated rings. The summed E-state index contributed by atoms with van der Waals surface area (Å²) in [5, 5.41) is 9.20. The molecule has 0 spiro atoms.